The van der Waals surface area contributed by atoms with Gasteiger partial charge in [0.1, 0.15) is 0 Å². The van der Waals surface area contributed by atoms with Crippen LogP contribution in [0.3, 0.4) is 0 Å². The van der Waals surface area contributed by atoms with Crippen molar-refractivity contribution in [2.75, 3.05) is 11.5 Å². The van der Waals surface area contributed by atoms with E-state index in [9.17, 15) is 17.4 Å². The van der Waals surface area contributed by atoms with Gasteiger partial charge < -0.3 is 5.32 Å². The number of carbonyl (C=O) groups is 1. The molecule has 0 radical (unpaired) electrons. The highest BCUT2D eigenvalue weighted by atomic mass is 32.2. The van der Waals surface area contributed by atoms with Gasteiger partial charge in [-0.05, 0) is 37.1 Å². The topological polar surface area (TPSA) is 106 Å². The number of hydrogen-bond acceptors (Lipinski definition) is 4. The Bertz CT molecular complexity index is 615. The lowest BCUT2D eigenvalue weighted by Gasteiger charge is -2.22. The number of amides is 1. The third-order valence-electron chi connectivity index (χ3n) is 3.17. The van der Waals surface area contributed by atoms with E-state index in [0.717, 1.165) is 0 Å². The monoisotopic (exact) mass is 316 g/mol. The van der Waals surface area contributed by atoms with Crippen LogP contribution in [0, 0.1) is 0 Å². The molecule has 0 unspecified atom stereocenters. The third kappa shape index (κ3) is 3.87. The number of sulfonamides is 1. The molecule has 110 valence electrons. The molecule has 2 rings (SSSR count). The molecule has 0 aliphatic carbocycles. The fourth-order valence-corrected chi connectivity index (χ4v) is 3.82. The minimum Gasteiger partial charge on any atom is -0.349 e. The molecule has 0 bridgehead atoms. The van der Waals surface area contributed by atoms with E-state index in [0.29, 0.717) is 29.9 Å². The summed E-state index contributed by atoms with van der Waals surface area (Å²) in [4.78, 5) is 12.0. The Balaban J connectivity index is 2.01. The maximum Gasteiger partial charge on any atom is 0.251 e. The Labute approximate surface area is 120 Å². The quantitative estimate of drug-likeness (QED) is 0.817. The summed E-state index contributed by atoms with van der Waals surface area (Å²) >= 11 is 0. The van der Waals surface area contributed by atoms with Gasteiger partial charge >= 0.3 is 0 Å². The largest absolute Gasteiger partial charge is 0.349 e. The van der Waals surface area contributed by atoms with Crippen LogP contribution in [-0.4, -0.2) is 36.1 Å². The van der Waals surface area contributed by atoms with Crippen molar-refractivity contribution in [3.8, 4) is 0 Å². The average Bonchev–Trinajstić information content (AvgIpc) is 2.40. The molecule has 1 saturated heterocycles. The Kier molecular flexibility index (Phi) is 4.56. The van der Waals surface area contributed by atoms with E-state index < -0.39 is 20.8 Å². The van der Waals surface area contributed by atoms with E-state index in [2.05, 4.69) is 5.32 Å². The molecule has 8 heteroatoms. The summed E-state index contributed by atoms with van der Waals surface area (Å²) in [7, 11) is -4.51. The first-order valence-corrected chi connectivity index (χ1v) is 9.18. The summed E-state index contributed by atoms with van der Waals surface area (Å²) in [6, 6.07) is 5.49. The van der Waals surface area contributed by atoms with Crippen LogP contribution < -0.4 is 10.5 Å². The Morgan fingerprint density at radius 1 is 1.20 bits per heavy atom. The fourth-order valence-electron chi connectivity index (χ4n) is 2.00. The standard InChI is InChI=1S/C12H16N2O4S2/c13-20(17,18)11-3-1-9(2-4-11)12(15)14-10-5-7-19(16)8-6-10/h1-4,10H,5-8H2,(H,14,15)(H2,13,17,18). The van der Waals surface area contributed by atoms with Crippen molar-refractivity contribution in [3.05, 3.63) is 29.8 Å². The predicted molar refractivity (Wildman–Crippen MR) is 76.2 cm³/mol. The summed E-state index contributed by atoms with van der Waals surface area (Å²) in [5, 5.41) is 7.85. The molecule has 3 N–H and O–H groups in total. The zero-order valence-corrected chi connectivity index (χ0v) is 12.4. The van der Waals surface area contributed by atoms with Crippen LogP contribution in [0.15, 0.2) is 29.2 Å². The number of carbonyl (C=O) groups excluding carboxylic acids is 1. The summed E-state index contributed by atoms with van der Waals surface area (Å²) in [5.74, 6) is 0.952. The Morgan fingerprint density at radius 3 is 2.25 bits per heavy atom. The van der Waals surface area contributed by atoms with E-state index in [-0.39, 0.29) is 16.8 Å². The van der Waals surface area contributed by atoms with Crippen molar-refractivity contribution in [3.63, 3.8) is 0 Å². The van der Waals surface area contributed by atoms with Gasteiger partial charge in [0, 0.05) is 33.9 Å². The second kappa shape index (κ2) is 6.02. The van der Waals surface area contributed by atoms with E-state index in [1.165, 1.54) is 24.3 Å². The molecule has 1 aliphatic heterocycles. The number of nitrogens with one attached hydrogen (secondary N) is 1. The predicted octanol–water partition coefficient (Wildman–Crippen LogP) is -0.0251. The maximum atomic E-state index is 12.0. The molecule has 1 aromatic rings. The number of benzene rings is 1. The van der Waals surface area contributed by atoms with E-state index in [4.69, 9.17) is 5.14 Å². The number of nitrogens with two attached hydrogens (primary N) is 1. The fraction of sp³-hybridized carbons (Fsp3) is 0.417. The van der Waals surface area contributed by atoms with Gasteiger partial charge in [-0.25, -0.2) is 13.6 Å². The first-order chi connectivity index (χ1) is 9.36. The van der Waals surface area contributed by atoms with E-state index in [1.54, 1.807) is 0 Å². The molecule has 0 atom stereocenters. The normalized spacial score (nSPS) is 23.2. The molecule has 1 fully saturated rings. The Hall–Kier alpha value is -1.25. The Morgan fingerprint density at radius 2 is 1.75 bits per heavy atom. The lowest BCUT2D eigenvalue weighted by molar-refractivity contribution is 0.0934. The van der Waals surface area contributed by atoms with Crippen molar-refractivity contribution in [2.45, 2.75) is 23.8 Å². The third-order valence-corrected chi connectivity index (χ3v) is 5.48. The van der Waals surface area contributed by atoms with Crippen molar-refractivity contribution in [1.29, 1.82) is 0 Å². The molecule has 0 saturated carbocycles. The van der Waals surface area contributed by atoms with Crippen LogP contribution >= 0.6 is 0 Å². The minimum atomic E-state index is -3.74. The highest BCUT2D eigenvalue weighted by molar-refractivity contribution is 7.89. The molecule has 6 nitrogen and oxygen atoms in total. The van der Waals surface area contributed by atoms with Crippen LogP contribution in [0.4, 0.5) is 0 Å². The number of rotatable bonds is 3. The minimum absolute atomic E-state index is 0.0258. The highest BCUT2D eigenvalue weighted by Crippen LogP contribution is 2.12. The highest BCUT2D eigenvalue weighted by Gasteiger charge is 2.20. The number of primary sulfonamides is 1. The molecule has 1 aliphatic rings. The van der Waals surface area contributed by atoms with Crippen LogP contribution in [0.2, 0.25) is 0 Å². The van der Waals surface area contributed by atoms with E-state index in [1.807, 2.05) is 0 Å². The van der Waals surface area contributed by atoms with Gasteiger partial charge in [-0.2, -0.15) is 0 Å². The smallest absolute Gasteiger partial charge is 0.251 e. The van der Waals surface area contributed by atoms with Crippen molar-refractivity contribution >= 4 is 26.7 Å². The molecule has 1 aromatic carbocycles. The molecular weight excluding hydrogens is 300 g/mol. The molecule has 0 aromatic heterocycles. The van der Waals surface area contributed by atoms with Crippen molar-refractivity contribution < 1.29 is 17.4 Å². The first kappa shape index (κ1) is 15.1. The molecule has 1 amide bonds. The van der Waals surface area contributed by atoms with Gasteiger partial charge in [0.05, 0.1) is 4.90 Å². The van der Waals surface area contributed by atoms with Crippen LogP contribution in [-0.2, 0) is 20.8 Å². The number of hydrogen-bond donors (Lipinski definition) is 2. The van der Waals surface area contributed by atoms with Crippen LogP contribution in [0.5, 0.6) is 0 Å². The van der Waals surface area contributed by atoms with Gasteiger partial charge in [0.15, 0.2) is 0 Å². The van der Waals surface area contributed by atoms with Gasteiger partial charge in [-0.15, -0.1) is 0 Å². The molecule has 0 spiro atoms. The van der Waals surface area contributed by atoms with Crippen LogP contribution in [0.1, 0.15) is 23.2 Å². The summed E-state index contributed by atoms with van der Waals surface area (Å²) in [6.45, 7) is 0. The molecule has 1 heterocycles. The van der Waals surface area contributed by atoms with Gasteiger partial charge in [0.25, 0.3) is 5.91 Å². The second-order valence-corrected chi connectivity index (χ2v) is 7.92. The second-order valence-electron chi connectivity index (χ2n) is 4.67. The molecule has 20 heavy (non-hydrogen) atoms. The first-order valence-electron chi connectivity index (χ1n) is 6.15. The average molecular weight is 316 g/mol. The SMILES string of the molecule is NS(=O)(=O)c1ccc(C(=O)NC2CCS(=O)CC2)cc1. The van der Waals surface area contributed by atoms with Crippen LogP contribution in [0.25, 0.3) is 0 Å². The summed E-state index contributed by atoms with van der Waals surface area (Å²) < 4.78 is 33.4. The maximum absolute atomic E-state index is 12.0. The zero-order valence-electron chi connectivity index (χ0n) is 10.7. The zero-order chi connectivity index (χ0) is 14.8. The van der Waals surface area contributed by atoms with Crippen molar-refractivity contribution in [1.82, 2.24) is 5.32 Å². The van der Waals surface area contributed by atoms with Crippen molar-refractivity contribution in [2.24, 2.45) is 5.14 Å². The van der Waals surface area contributed by atoms with Gasteiger partial charge in [-0.3, -0.25) is 9.00 Å². The molecular formula is C12H16N2O4S2. The lowest BCUT2D eigenvalue weighted by atomic mass is 10.1. The van der Waals surface area contributed by atoms with Gasteiger partial charge in [0.2, 0.25) is 10.0 Å². The lowest BCUT2D eigenvalue weighted by Crippen LogP contribution is -2.39. The van der Waals surface area contributed by atoms with E-state index >= 15 is 0 Å². The van der Waals surface area contributed by atoms with Gasteiger partial charge in [-0.1, -0.05) is 0 Å². The summed E-state index contributed by atoms with van der Waals surface area (Å²) in [5.41, 5.74) is 0.379. The summed E-state index contributed by atoms with van der Waals surface area (Å²) in [6.07, 6.45) is 1.40.